The third-order valence-electron chi connectivity index (χ3n) is 8.67. The highest BCUT2D eigenvalue weighted by atomic mass is 79.9. The normalized spacial score (nSPS) is 25.2. The van der Waals surface area contributed by atoms with Gasteiger partial charge in [0.05, 0.1) is 13.7 Å². The van der Waals surface area contributed by atoms with E-state index in [4.69, 9.17) is 16.3 Å². The Morgan fingerprint density at radius 1 is 1.05 bits per heavy atom. The Labute approximate surface area is 258 Å². The smallest absolute Gasteiger partial charge is 0.248 e. The molecule has 6 rings (SSSR count). The predicted molar refractivity (Wildman–Crippen MR) is 158 cm³/mol. The highest BCUT2D eigenvalue weighted by Crippen LogP contribution is 2.39. The molecule has 2 aliphatic carbocycles. The minimum absolute atomic E-state index is 0.00322. The van der Waals surface area contributed by atoms with Crippen molar-refractivity contribution < 1.29 is 27.5 Å². The molecule has 4 fully saturated rings. The van der Waals surface area contributed by atoms with Gasteiger partial charge in [-0.2, -0.15) is 4.31 Å². The lowest BCUT2D eigenvalue weighted by Gasteiger charge is -2.53. The van der Waals surface area contributed by atoms with Crippen LogP contribution in [-0.2, 0) is 30.8 Å². The van der Waals surface area contributed by atoms with Gasteiger partial charge in [0.25, 0.3) is 0 Å². The summed E-state index contributed by atoms with van der Waals surface area (Å²) in [5.41, 5.74) is 0.826. The molecule has 0 bridgehead atoms. The Bertz CT molecular complexity index is 1510. The van der Waals surface area contributed by atoms with Crippen LogP contribution in [0.4, 0.5) is 0 Å². The second kappa shape index (κ2) is 11.4. The van der Waals surface area contributed by atoms with Crippen LogP contribution in [0.25, 0.3) is 0 Å². The van der Waals surface area contributed by atoms with Crippen molar-refractivity contribution >= 4 is 55.3 Å². The summed E-state index contributed by atoms with van der Waals surface area (Å²) in [6.45, 7) is -0.231. The van der Waals surface area contributed by atoms with Crippen LogP contribution in [0, 0.1) is 5.92 Å². The third-order valence-corrected chi connectivity index (χ3v) is 11.3. The number of rotatable bonds is 8. The molecule has 3 atom stereocenters. The number of sulfonamides is 1. The van der Waals surface area contributed by atoms with Crippen LogP contribution in [-0.4, -0.2) is 84.7 Å². The molecule has 224 valence electrons. The second-order valence-electron chi connectivity index (χ2n) is 11.4. The summed E-state index contributed by atoms with van der Waals surface area (Å²) in [4.78, 5) is 44.1. The van der Waals surface area contributed by atoms with E-state index >= 15 is 0 Å². The lowest BCUT2D eigenvalue weighted by molar-refractivity contribution is -0.168. The quantitative estimate of drug-likeness (QED) is 0.459. The number of hydrogen-bond acceptors (Lipinski definition) is 6. The summed E-state index contributed by atoms with van der Waals surface area (Å²) < 4.78 is 36.3. The van der Waals surface area contributed by atoms with E-state index in [1.54, 1.807) is 4.90 Å². The molecule has 2 saturated carbocycles. The van der Waals surface area contributed by atoms with Crippen LogP contribution < -0.4 is 10.1 Å². The number of ether oxygens (including phenoxy) is 1. The molecule has 2 heterocycles. The molecule has 4 aliphatic rings. The number of amides is 3. The first kappa shape index (κ1) is 29.4. The molecular formula is C29H32BrClN4O6S. The number of carbonyl (C=O) groups is 3. The summed E-state index contributed by atoms with van der Waals surface area (Å²) in [5, 5.41) is 3.03. The highest BCUT2D eigenvalue weighted by molar-refractivity contribution is 9.10. The van der Waals surface area contributed by atoms with E-state index in [2.05, 4.69) is 21.2 Å². The van der Waals surface area contributed by atoms with Gasteiger partial charge in [-0.3, -0.25) is 14.4 Å². The summed E-state index contributed by atoms with van der Waals surface area (Å²) in [6, 6.07) is 9.72. The van der Waals surface area contributed by atoms with Crippen LogP contribution >= 0.6 is 27.5 Å². The standard InChI is InChI=1S/C29H32BrClN4O6S/c1-41-24-12-9-20(31)14-25(24)42(39,40)34-15-22(32-27(36)18-3-2-4-18)28(37)35-23(13-17-5-7-19(30)8-6-17)29(38)33(16-26(34)35)21-10-11-21/h5-9,12,14,18,21-23,26H,2-4,10-11,13,15-16H2,1H3,(H,32,36). The molecule has 2 saturated heterocycles. The molecule has 42 heavy (non-hydrogen) atoms. The van der Waals surface area contributed by atoms with E-state index in [1.165, 1.54) is 34.5 Å². The first-order valence-electron chi connectivity index (χ1n) is 14.1. The number of hydrogen-bond donors (Lipinski definition) is 1. The van der Waals surface area contributed by atoms with Gasteiger partial charge in [-0.25, -0.2) is 8.42 Å². The number of benzene rings is 2. The molecule has 1 N–H and O–H groups in total. The zero-order chi connectivity index (χ0) is 29.8. The minimum atomic E-state index is -4.32. The first-order valence-corrected chi connectivity index (χ1v) is 16.7. The fraction of sp³-hybridized carbons (Fsp3) is 0.483. The van der Waals surface area contributed by atoms with Crippen LogP contribution in [0.1, 0.15) is 37.7 Å². The average Bonchev–Trinajstić information content (AvgIpc) is 3.77. The molecule has 3 unspecified atom stereocenters. The van der Waals surface area contributed by atoms with E-state index in [1.807, 2.05) is 24.3 Å². The monoisotopic (exact) mass is 678 g/mol. The van der Waals surface area contributed by atoms with Gasteiger partial charge < -0.3 is 19.9 Å². The highest BCUT2D eigenvalue weighted by Gasteiger charge is 2.56. The third kappa shape index (κ3) is 5.42. The van der Waals surface area contributed by atoms with Crippen molar-refractivity contribution in [3.8, 4) is 5.75 Å². The van der Waals surface area contributed by atoms with E-state index in [0.717, 1.165) is 42.1 Å². The lowest BCUT2D eigenvalue weighted by Crippen LogP contribution is -2.76. The van der Waals surface area contributed by atoms with Gasteiger partial charge in [-0.05, 0) is 61.6 Å². The van der Waals surface area contributed by atoms with Crippen LogP contribution in [0.3, 0.4) is 0 Å². The van der Waals surface area contributed by atoms with Gasteiger partial charge in [0.15, 0.2) is 0 Å². The number of halogens is 2. The zero-order valence-corrected chi connectivity index (χ0v) is 26.2. The Morgan fingerprint density at radius 2 is 1.76 bits per heavy atom. The van der Waals surface area contributed by atoms with Crippen molar-refractivity contribution in [2.75, 3.05) is 20.2 Å². The summed E-state index contributed by atoms with van der Waals surface area (Å²) in [7, 11) is -2.94. The maximum absolute atomic E-state index is 14.4. The number of nitrogens with zero attached hydrogens (tertiary/aromatic N) is 3. The molecule has 2 aliphatic heterocycles. The van der Waals surface area contributed by atoms with E-state index in [0.29, 0.717) is 0 Å². The molecule has 0 aromatic heterocycles. The van der Waals surface area contributed by atoms with Gasteiger partial charge in [0.1, 0.15) is 28.9 Å². The summed E-state index contributed by atoms with van der Waals surface area (Å²) >= 11 is 9.67. The predicted octanol–water partition coefficient (Wildman–Crippen LogP) is 3.17. The first-order chi connectivity index (χ1) is 20.1. The fourth-order valence-electron chi connectivity index (χ4n) is 6.01. The van der Waals surface area contributed by atoms with Gasteiger partial charge in [0.2, 0.25) is 27.7 Å². The number of fused-ring (bicyclic) bond motifs is 1. The molecule has 3 amide bonds. The van der Waals surface area contributed by atoms with Crippen molar-refractivity contribution in [3.63, 3.8) is 0 Å². The van der Waals surface area contributed by atoms with Gasteiger partial charge in [-0.15, -0.1) is 0 Å². The van der Waals surface area contributed by atoms with Crippen molar-refractivity contribution in [3.05, 3.63) is 57.5 Å². The molecule has 0 spiro atoms. The summed E-state index contributed by atoms with van der Waals surface area (Å²) in [6.07, 6.45) is 3.26. The van der Waals surface area contributed by atoms with Crippen molar-refractivity contribution in [2.45, 2.75) is 67.7 Å². The van der Waals surface area contributed by atoms with E-state index in [-0.39, 0.29) is 59.0 Å². The average molecular weight is 680 g/mol. The summed E-state index contributed by atoms with van der Waals surface area (Å²) in [5.74, 6) is -1.05. The Balaban J connectivity index is 1.44. The molecule has 2 aromatic rings. The van der Waals surface area contributed by atoms with Gasteiger partial charge in [0, 0.05) is 34.4 Å². The molecule has 10 nitrogen and oxygen atoms in total. The lowest BCUT2D eigenvalue weighted by atomic mass is 9.84. The molecule has 0 radical (unpaired) electrons. The zero-order valence-electron chi connectivity index (χ0n) is 23.0. The maximum Gasteiger partial charge on any atom is 0.248 e. The van der Waals surface area contributed by atoms with Gasteiger partial charge >= 0.3 is 0 Å². The maximum atomic E-state index is 14.4. The van der Waals surface area contributed by atoms with E-state index in [9.17, 15) is 22.8 Å². The van der Waals surface area contributed by atoms with Crippen molar-refractivity contribution in [2.24, 2.45) is 5.92 Å². The molecule has 2 aromatic carbocycles. The minimum Gasteiger partial charge on any atom is -0.495 e. The van der Waals surface area contributed by atoms with E-state index < -0.39 is 34.2 Å². The Kier molecular flexibility index (Phi) is 8.01. The number of carbonyl (C=O) groups excluding carboxylic acids is 3. The number of piperazine rings is 1. The number of nitrogens with one attached hydrogen (secondary N) is 1. The van der Waals surface area contributed by atoms with Crippen LogP contribution in [0.2, 0.25) is 5.02 Å². The van der Waals surface area contributed by atoms with Gasteiger partial charge in [-0.1, -0.05) is 46.1 Å². The molecule has 13 heteroatoms. The topological polar surface area (TPSA) is 116 Å². The van der Waals surface area contributed by atoms with Crippen molar-refractivity contribution in [1.82, 2.24) is 19.4 Å². The largest absolute Gasteiger partial charge is 0.495 e. The van der Waals surface area contributed by atoms with Crippen molar-refractivity contribution in [1.29, 1.82) is 0 Å². The number of methoxy groups -OCH3 is 1. The van der Waals surface area contributed by atoms with Crippen LogP contribution in [0.5, 0.6) is 5.75 Å². The molecular weight excluding hydrogens is 648 g/mol. The fourth-order valence-corrected chi connectivity index (χ4v) is 8.28. The van der Waals surface area contributed by atoms with Crippen LogP contribution in [0.15, 0.2) is 51.8 Å². The Morgan fingerprint density at radius 3 is 2.38 bits per heavy atom. The Hall–Kier alpha value is -2.67. The second-order valence-corrected chi connectivity index (χ2v) is 14.6. The SMILES string of the molecule is COc1ccc(Cl)cc1S(=O)(=O)N1CC(NC(=O)C2CCC2)C(=O)N2C(Cc3ccc(Br)cc3)C(=O)N(C3CC3)CC21.